The van der Waals surface area contributed by atoms with Gasteiger partial charge in [0.2, 0.25) is 0 Å². The summed E-state index contributed by atoms with van der Waals surface area (Å²) in [6.07, 6.45) is 2.58. The zero-order valence-electron chi connectivity index (χ0n) is 14.4. The number of benzene rings is 2. The summed E-state index contributed by atoms with van der Waals surface area (Å²) in [6.45, 7) is 2.10. The molecule has 0 spiro atoms. The molecule has 0 aromatic heterocycles. The van der Waals surface area contributed by atoms with Crippen LogP contribution in [0, 0.1) is 0 Å². The summed E-state index contributed by atoms with van der Waals surface area (Å²) >= 11 is 7.38. The Balaban J connectivity index is 1.77. The summed E-state index contributed by atoms with van der Waals surface area (Å²) < 4.78 is 5.09. The van der Waals surface area contributed by atoms with E-state index in [4.69, 9.17) is 16.3 Å². The van der Waals surface area contributed by atoms with Crippen molar-refractivity contribution in [3.63, 3.8) is 0 Å². The average molecular weight is 391 g/mol. The summed E-state index contributed by atoms with van der Waals surface area (Å²) in [6, 6.07) is 11.2. The zero-order chi connectivity index (χ0) is 18.7. The number of hydrogen-bond donors (Lipinski definition) is 3. The van der Waals surface area contributed by atoms with E-state index in [2.05, 4.69) is 29.7 Å². The standard InChI is InChI=1S/C19H19ClN2O3S/c1-3-11-4-6-14(7-5-11)21-19-22-18(24)16(26-19)9-12-8-13(20)10-15(25-2)17(12)23/h4-10,19,21,23H,3H2,1-2H3,(H,22,24)/b16-9-/t19-/m0/s1. The van der Waals surface area contributed by atoms with Crippen molar-refractivity contribution in [3.8, 4) is 11.5 Å². The van der Waals surface area contributed by atoms with E-state index in [1.807, 2.05) is 12.1 Å². The molecule has 1 atom stereocenters. The van der Waals surface area contributed by atoms with Gasteiger partial charge < -0.3 is 20.5 Å². The first kappa shape index (κ1) is 18.5. The van der Waals surface area contributed by atoms with Gasteiger partial charge in [0, 0.05) is 22.3 Å². The molecule has 5 nitrogen and oxygen atoms in total. The third-order valence-electron chi connectivity index (χ3n) is 3.97. The number of phenolic OH excluding ortho intramolecular Hbond substituents is 1. The van der Waals surface area contributed by atoms with Gasteiger partial charge in [-0.15, -0.1) is 0 Å². The van der Waals surface area contributed by atoms with Crippen LogP contribution in [0.1, 0.15) is 18.1 Å². The van der Waals surface area contributed by atoms with Gasteiger partial charge in [0.15, 0.2) is 17.0 Å². The molecule has 2 aromatic rings. The third-order valence-corrected chi connectivity index (χ3v) is 5.21. The maximum Gasteiger partial charge on any atom is 0.260 e. The van der Waals surface area contributed by atoms with E-state index >= 15 is 0 Å². The lowest BCUT2D eigenvalue weighted by Gasteiger charge is -2.13. The Kier molecular flexibility index (Phi) is 5.64. The lowest BCUT2D eigenvalue weighted by Crippen LogP contribution is -2.30. The number of ether oxygens (including phenoxy) is 1. The number of hydrogen-bond acceptors (Lipinski definition) is 5. The Morgan fingerprint density at radius 3 is 2.73 bits per heavy atom. The van der Waals surface area contributed by atoms with Gasteiger partial charge >= 0.3 is 0 Å². The highest BCUT2D eigenvalue weighted by Gasteiger charge is 2.27. The molecule has 1 aliphatic heterocycles. The number of carbonyl (C=O) groups is 1. The van der Waals surface area contributed by atoms with E-state index < -0.39 is 0 Å². The highest BCUT2D eigenvalue weighted by atomic mass is 35.5. The van der Waals surface area contributed by atoms with E-state index in [0.717, 1.165) is 12.1 Å². The van der Waals surface area contributed by atoms with Gasteiger partial charge in [0.25, 0.3) is 5.91 Å². The topological polar surface area (TPSA) is 70.6 Å². The van der Waals surface area contributed by atoms with Gasteiger partial charge in [0.05, 0.1) is 12.0 Å². The molecule has 3 N–H and O–H groups in total. The number of anilines is 1. The van der Waals surface area contributed by atoms with E-state index in [-0.39, 0.29) is 22.9 Å². The number of nitrogens with one attached hydrogen (secondary N) is 2. The van der Waals surface area contributed by atoms with Crippen LogP contribution in [-0.4, -0.2) is 23.6 Å². The van der Waals surface area contributed by atoms with Gasteiger partial charge in [-0.1, -0.05) is 42.4 Å². The van der Waals surface area contributed by atoms with E-state index in [0.29, 0.717) is 15.5 Å². The van der Waals surface area contributed by atoms with Crippen LogP contribution in [0.4, 0.5) is 5.69 Å². The Labute approximate surface area is 161 Å². The fraction of sp³-hybridized carbons (Fsp3) is 0.211. The summed E-state index contributed by atoms with van der Waals surface area (Å²) in [5.74, 6) is -0.00108. The van der Waals surface area contributed by atoms with Gasteiger partial charge in [-0.05, 0) is 36.3 Å². The van der Waals surface area contributed by atoms with Crippen molar-refractivity contribution in [1.82, 2.24) is 5.32 Å². The summed E-state index contributed by atoms with van der Waals surface area (Å²) in [4.78, 5) is 12.7. The van der Waals surface area contributed by atoms with E-state index in [1.165, 1.54) is 30.5 Å². The number of rotatable bonds is 5. The quantitative estimate of drug-likeness (QED) is 0.667. The van der Waals surface area contributed by atoms with Crippen molar-refractivity contribution in [1.29, 1.82) is 0 Å². The van der Waals surface area contributed by atoms with Crippen molar-refractivity contribution in [2.75, 3.05) is 12.4 Å². The number of methoxy groups -OCH3 is 1. The molecule has 0 saturated carbocycles. The number of aromatic hydroxyl groups is 1. The van der Waals surface area contributed by atoms with Crippen LogP contribution in [0.5, 0.6) is 11.5 Å². The smallest absolute Gasteiger partial charge is 0.260 e. The molecule has 0 radical (unpaired) electrons. The predicted octanol–water partition coefficient (Wildman–Crippen LogP) is 4.22. The molecule has 3 rings (SSSR count). The molecule has 2 aromatic carbocycles. The predicted molar refractivity (Wildman–Crippen MR) is 107 cm³/mol. The minimum absolute atomic E-state index is 0.0515. The molecule has 0 aliphatic carbocycles. The van der Waals surface area contributed by atoms with Crippen molar-refractivity contribution in [2.45, 2.75) is 18.8 Å². The molecule has 136 valence electrons. The van der Waals surface area contributed by atoms with Gasteiger partial charge in [-0.3, -0.25) is 4.79 Å². The SMILES string of the molecule is CCc1ccc(N[C@H]2NC(=O)/C(=C/c3cc(Cl)cc(OC)c3O)S2)cc1. The van der Waals surface area contributed by atoms with Crippen LogP contribution >= 0.6 is 23.4 Å². The maximum atomic E-state index is 12.2. The summed E-state index contributed by atoms with van der Waals surface area (Å²) in [5.41, 5.74) is 2.32. The normalized spacial score (nSPS) is 18.0. The van der Waals surface area contributed by atoms with Crippen LogP contribution in [-0.2, 0) is 11.2 Å². The molecule has 26 heavy (non-hydrogen) atoms. The Morgan fingerprint density at radius 1 is 1.35 bits per heavy atom. The van der Waals surface area contributed by atoms with Crippen LogP contribution in [0.15, 0.2) is 41.3 Å². The minimum Gasteiger partial charge on any atom is -0.504 e. The number of halogens is 1. The molecule has 1 heterocycles. The number of phenols is 1. The highest BCUT2D eigenvalue weighted by molar-refractivity contribution is 8.05. The van der Waals surface area contributed by atoms with Crippen molar-refractivity contribution >= 4 is 41.0 Å². The highest BCUT2D eigenvalue weighted by Crippen LogP contribution is 2.37. The van der Waals surface area contributed by atoms with Crippen LogP contribution in [0.25, 0.3) is 6.08 Å². The largest absolute Gasteiger partial charge is 0.504 e. The lowest BCUT2D eigenvalue weighted by molar-refractivity contribution is -0.116. The number of thioether (sulfide) groups is 1. The van der Waals surface area contributed by atoms with Crippen molar-refractivity contribution < 1.29 is 14.6 Å². The summed E-state index contributed by atoms with van der Waals surface area (Å²) in [5, 5.41) is 16.8. The summed E-state index contributed by atoms with van der Waals surface area (Å²) in [7, 11) is 1.45. The monoisotopic (exact) mass is 390 g/mol. The first-order valence-corrected chi connectivity index (χ1v) is 9.37. The Bertz CT molecular complexity index is 853. The van der Waals surface area contributed by atoms with Gasteiger partial charge in [-0.2, -0.15) is 0 Å². The van der Waals surface area contributed by atoms with Crippen LogP contribution < -0.4 is 15.4 Å². The van der Waals surface area contributed by atoms with Crippen LogP contribution in [0.2, 0.25) is 5.02 Å². The Hall–Kier alpha value is -2.31. The average Bonchev–Trinajstić information content (AvgIpc) is 2.97. The van der Waals surface area contributed by atoms with Gasteiger partial charge in [-0.25, -0.2) is 0 Å². The molecule has 0 bridgehead atoms. The third kappa shape index (κ3) is 4.08. The molecule has 1 amide bonds. The first-order valence-electron chi connectivity index (χ1n) is 8.11. The van der Waals surface area contributed by atoms with E-state index in [9.17, 15) is 9.90 Å². The molecule has 0 unspecified atom stereocenters. The van der Waals surface area contributed by atoms with Gasteiger partial charge in [0.1, 0.15) is 0 Å². The second kappa shape index (κ2) is 7.93. The Morgan fingerprint density at radius 2 is 2.08 bits per heavy atom. The number of carbonyl (C=O) groups excluding carboxylic acids is 1. The molecule has 1 fully saturated rings. The maximum absolute atomic E-state index is 12.2. The van der Waals surface area contributed by atoms with Crippen molar-refractivity contribution in [2.24, 2.45) is 0 Å². The lowest BCUT2D eigenvalue weighted by atomic mass is 10.1. The second-order valence-electron chi connectivity index (χ2n) is 5.72. The fourth-order valence-corrected chi connectivity index (χ4v) is 3.75. The molecule has 7 heteroatoms. The minimum atomic E-state index is -0.288. The molecular formula is C19H19ClN2O3S. The van der Waals surface area contributed by atoms with E-state index in [1.54, 1.807) is 12.1 Å². The molecule has 1 aliphatic rings. The molecule has 1 saturated heterocycles. The first-order chi connectivity index (χ1) is 12.5. The number of aryl methyl sites for hydroxylation is 1. The van der Waals surface area contributed by atoms with Crippen molar-refractivity contribution in [3.05, 3.63) is 57.5 Å². The number of amides is 1. The van der Waals surface area contributed by atoms with Crippen LogP contribution in [0.3, 0.4) is 0 Å². The second-order valence-corrected chi connectivity index (χ2v) is 7.30. The fourth-order valence-electron chi connectivity index (χ4n) is 2.55. The molecular weight excluding hydrogens is 372 g/mol. The zero-order valence-corrected chi connectivity index (χ0v) is 15.9.